The largest absolute Gasteiger partial charge is 0.388 e. The maximum absolute atomic E-state index is 13.2. The normalized spacial score (nSPS) is 11.0. The Morgan fingerprint density at radius 2 is 1.81 bits per heavy atom. The van der Waals surface area contributed by atoms with Gasteiger partial charge in [-0.05, 0) is 42.3 Å². The van der Waals surface area contributed by atoms with E-state index < -0.39 is 0 Å². The fourth-order valence-electron chi connectivity index (χ4n) is 2.77. The van der Waals surface area contributed by atoms with E-state index in [4.69, 9.17) is 0 Å². The summed E-state index contributed by atoms with van der Waals surface area (Å²) in [5.74, 6) is 1.22. The van der Waals surface area contributed by atoms with Gasteiger partial charge in [0.1, 0.15) is 18.2 Å². The van der Waals surface area contributed by atoms with Gasteiger partial charge in [0.2, 0.25) is 0 Å². The summed E-state index contributed by atoms with van der Waals surface area (Å²) in [6, 6.07) is 13.9. The minimum atomic E-state index is -0.276. The summed E-state index contributed by atoms with van der Waals surface area (Å²) in [4.78, 5) is 8.75. The number of halogens is 1. The zero-order chi connectivity index (χ0) is 18.1. The average molecular weight is 349 g/mol. The predicted molar refractivity (Wildman–Crippen MR) is 97.5 cm³/mol. The number of rotatable bonds is 4. The molecule has 2 heterocycles. The maximum atomic E-state index is 13.2. The zero-order valence-corrected chi connectivity index (χ0v) is 14.0. The number of H-pyrrole nitrogens is 1. The first-order valence-electron chi connectivity index (χ1n) is 8.09. The summed E-state index contributed by atoms with van der Waals surface area (Å²) >= 11 is 0. The Labute approximate surface area is 148 Å². The molecule has 0 aliphatic rings. The molecule has 0 atom stereocenters. The Morgan fingerprint density at radius 1 is 1.04 bits per heavy atom. The minimum Gasteiger partial charge on any atom is -0.388 e. The summed E-state index contributed by atoms with van der Waals surface area (Å²) in [6.45, 7) is 1.64. The first-order valence-corrected chi connectivity index (χ1v) is 8.09. The van der Waals surface area contributed by atoms with E-state index >= 15 is 0 Å². The van der Waals surface area contributed by atoms with Gasteiger partial charge in [0.25, 0.3) is 0 Å². The van der Waals surface area contributed by atoms with Crippen molar-refractivity contribution in [2.24, 2.45) is 0 Å². The monoisotopic (exact) mass is 349 g/mol. The molecular weight excluding hydrogens is 333 g/mol. The molecule has 0 saturated heterocycles. The number of anilines is 2. The van der Waals surface area contributed by atoms with Crippen LogP contribution in [0.5, 0.6) is 0 Å². The SMILES string of the molecule is Cc1cc(Nc2nc(CO)nc3ccc(-c4ccc(F)cc4)cc23)n[nH]1. The van der Waals surface area contributed by atoms with Crippen LogP contribution in [0, 0.1) is 12.7 Å². The van der Waals surface area contributed by atoms with E-state index in [9.17, 15) is 9.50 Å². The number of aromatic amines is 1. The molecule has 0 aliphatic heterocycles. The lowest BCUT2D eigenvalue weighted by molar-refractivity contribution is 0.272. The number of aliphatic hydroxyl groups is 1. The Bertz CT molecular complexity index is 1080. The topological polar surface area (TPSA) is 86.7 Å². The standard InChI is InChI=1S/C19H16FN5O/c1-11-8-17(25-24-11)22-19-15-9-13(12-2-5-14(20)6-3-12)4-7-16(15)21-18(10-26)23-19/h2-9,26H,10H2,1H3,(H2,21,22,23,24,25). The van der Waals surface area contributed by atoms with Gasteiger partial charge < -0.3 is 10.4 Å². The molecule has 0 spiro atoms. The number of nitrogens with zero attached hydrogens (tertiary/aromatic N) is 3. The molecule has 3 N–H and O–H groups in total. The summed E-state index contributed by atoms with van der Waals surface area (Å²) in [5.41, 5.74) is 3.42. The van der Waals surface area contributed by atoms with Crippen LogP contribution in [-0.2, 0) is 6.61 Å². The van der Waals surface area contributed by atoms with Crippen LogP contribution in [0.2, 0.25) is 0 Å². The van der Waals surface area contributed by atoms with Crippen LogP contribution in [0.1, 0.15) is 11.5 Å². The molecule has 0 bridgehead atoms. The van der Waals surface area contributed by atoms with Crippen molar-refractivity contribution in [1.82, 2.24) is 20.2 Å². The molecule has 6 nitrogen and oxygen atoms in total. The van der Waals surface area contributed by atoms with Gasteiger partial charge in [-0.2, -0.15) is 5.10 Å². The predicted octanol–water partition coefficient (Wildman–Crippen LogP) is 3.70. The number of hydrogen-bond donors (Lipinski definition) is 3. The molecule has 0 amide bonds. The van der Waals surface area contributed by atoms with Gasteiger partial charge in [0.05, 0.1) is 5.52 Å². The van der Waals surface area contributed by atoms with E-state index in [2.05, 4.69) is 25.5 Å². The third kappa shape index (κ3) is 3.12. The Balaban J connectivity index is 1.84. The molecule has 2 aromatic heterocycles. The zero-order valence-electron chi connectivity index (χ0n) is 14.0. The molecule has 130 valence electrons. The van der Waals surface area contributed by atoms with Gasteiger partial charge >= 0.3 is 0 Å². The molecule has 0 fully saturated rings. The Kier molecular flexibility index (Phi) is 4.06. The van der Waals surface area contributed by atoms with Crippen LogP contribution in [0.25, 0.3) is 22.0 Å². The molecule has 4 aromatic rings. The lowest BCUT2D eigenvalue weighted by atomic mass is 10.0. The van der Waals surface area contributed by atoms with Gasteiger partial charge in [-0.3, -0.25) is 5.10 Å². The minimum absolute atomic E-state index is 0.260. The van der Waals surface area contributed by atoms with E-state index in [0.717, 1.165) is 22.2 Å². The lowest BCUT2D eigenvalue weighted by Crippen LogP contribution is -2.02. The Hall–Kier alpha value is -3.32. The first-order chi connectivity index (χ1) is 12.6. The molecule has 0 aliphatic carbocycles. The second-order valence-electron chi connectivity index (χ2n) is 5.95. The van der Waals surface area contributed by atoms with Crippen molar-refractivity contribution < 1.29 is 9.50 Å². The Morgan fingerprint density at radius 3 is 2.50 bits per heavy atom. The molecule has 0 unspecified atom stereocenters. The van der Waals surface area contributed by atoms with Gasteiger partial charge in [-0.1, -0.05) is 18.2 Å². The number of benzene rings is 2. The highest BCUT2D eigenvalue weighted by Gasteiger charge is 2.11. The quantitative estimate of drug-likeness (QED) is 0.523. The molecular formula is C19H16FN5O. The van der Waals surface area contributed by atoms with Crippen molar-refractivity contribution in [3.63, 3.8) is 0 Å². The van der Waals surface area contributed by atoms with E-state index in [1.54, 1.807) is 12.1 Å². The number of aryl methyl sites for hydroxylation is 1. The van der Waals surface area contributed by atoms with Gasteiger partial charge in [-0.15, -0.1) is 0 Å². The van der Waals surface area contributed by atoms with E-state index in [0.29, 0.717) is 23.0 Å². The first kappa shape index (κ1) is 16.2. The third-order valence-electron chi connectivity index (χ3n) is 4.01. The van der Waals surface area contributed by atoms with Gasteiger partial charge in [0, 0.05) is 17.1 Å². The lowest BCUT2D eigenvalue weighted by Gasteiger charge is -2.10. The molecule has 0 radical (unpaired) electrons. The smallest absolute Gasteiger partial charge is 0.156 e. The second-order valence-corrected chi connectivity index (χ2v) is 5.95. The molecule has 26 heavy (non-hydrogen) atoms. The van der Waals surface area contributed by atoms with Crippen molar-refractivity contribution in [3.05, 3.63) is 65.9 Å². The average Bonchev–Trinajstić information content (AvgIpc) is 3.06. The van der Waals surface area contributed by atoms with Crippen molar-refractivity contribution >= 4 is 22.5 Å². The van der Waals surface area contributed by atoms with Crippen LogP contribution < -0.4 is 5.32 Å². The summed E-state index contributed by atoms with van der Waals surface area (Å²) in [5, 5.41) is 20.4. The third-order valence-corrected chi connectivity index (χ3v) is 4.01. The molecule has 2 aromatic carbocycles. The number of hydrogen-bond acceptors (Lipinski definition) is 5. The van der Waals surface area contributed by atoms with Gasteiger partial charge in [0.15, 0.2) is 11.6 Å². The summed E-state index contributed by atoms with van der Waals surface area (Å²) < 4.78 is 13.2. The highest BCUT2D eigenvalue weighted by Crippen LogP contribution is 2.29. The highest BCUT2D eigenvalue weighted by atomic mass is 19.1. The summed E-state index contributed by atoms with van der Waals surface area (Å²) in [7, 11) is 0. The fraction of sp³-hybridized carbons (Fsp3) is 0.105. The van der Waals surface area contributed by atoms with Crippen molar-refractivity contribution in [3.8, 4) is 11.1 Å². The van der Waals surface area contributed by atoms with Crippen molar-refractivity contribution in [2.45, 2.75) is 13.5 Å². The van der Waals surface area contributed by atoms with Crippen molar-refractivity contribution in [1.29, 1.82) is 0 Å². The molecule has 4 rings (SSSR count). The van der Waals surface area contributed by atoms with E-state index in [-0.39, 0.29) is 12.4 Å². The van der Waals surface area contributed by atoms with Crippen LogP contribution in [0.3, 0.4) is 0 Å². The number of aliphatic hydroxyl groups excluding tert-OH is 1. The van der Waals surface area contributed by atoms with Crippen LogP contribution in [-0.4, -0.2) is 25.3 Å². The number of aromatic nitrogens is 4. The van der Waals surface area contributed by atoms with E-state index in [1.165, 1.54) is 12.1 Å². The molecule has 7 heteroatoms. The molecule has 0 saturated carbocycles. The number of fused-ring (bicyclic) bond motifs is 1. The highest BCUT2D eigenvalue weighted by molar-refractivity contribution is 5.93. The van der Waals surface area contributed by atoms with Gasteiger partial charge in [-0.25, -0.2) is 14.4 Å². The van der Waals surface area contributed by atoms with Crippen LogP contribution >= 0.6 is 0 Å². The maximum Gasteiger partial charge on any atom is 0.156 e. The second kappa shape index (κ2) is 6.53. The summed E-state index contributed by atoms with van der Waals surface area (Å²) in [6.07, 6.45) is 0. The fourth-order valence-corrected chi connectivity index (χ4v) is 2.77. The van der Waals surface area contributed by atoms with Crippen LogP contribution in [0.15, 0.2) is 48.5 Å². The van der Waals surface area contributed by atoms with Crippen molar-refractivity contribution in [2.75, 3.05) is 5.32 Å². The number of nitrogens with one attached hydrogen (secondary N) is 2. The van der Waals surface area contributed by atoms with Crippen LogP contribution in [0.4, 0.5) is 16.0 Å². The van der Waals surface area contributed by atoms with E-state index in [1.807, 2.05) is 31.2 Å².